The molecule has 0 spiro atoms. The largest absolute Gasteiger partial charge is 0.494 e. The molecule has 1 amide bonds. The molecule has 2 aromatic rings. The monoisotopic (exact) mass is 375 g/mol. The maximum Gasteiger partial charge on any atom is 0.243 e. The maximum atomic E-state index is 12.4. The average Bonchev–Trinajstić information content (AvgIpc) is 3.15. The van der Waals surface area contributed by atoms with Gasteiger partial charge in [0, 0.05) is 24.2 Å². The molecule has 0 radical (unpaired) electrons. The van der Waals surface area contributed by atoms with Crippen LogP contribution in [0.4, 0.5) is 5.13 Å². The van der Waals surface area contributed by atoms with Crippen molar-refractivity contribution in [2.45, 2.75) is 32.2 Å². The van der Waals surface area contributed by atoms with Gasteiger partial charge >= 0.3 is 0 Å². The molecule has 140 valence electrons. The zero-order valence-corrected chi connectivity index (χ0v) is 15.8. The lowest BCUT2D eigenvalue weighted by Crippen LogP contribution is -2.43. The van der Waals surface area contributed by atoms with Gasteiger partial charge in [-0.25, -0.2) is 4.98 Å². The fourth-order valence-corrected chi connectivity index (χ4v) is 3.61. The summed E-state index contributed by atoms with van der Waals surface area (Å²) in [7, 11) is 0. The number of nitrogens with one attached hydrogen (secondary N) is 1. The van der Waals surface area contributed by atoms with Crippen LogP contribution in [0, 0.1) is 5.92 Å². The molecule has 0 saturated carbocycles. The molecule has 1 aliphatic heterocycles. The number of nitrogens with zero attached hydrogens (tertiary/aromatic N) is 1. The van der Waals surface area contributed by atoms with Gasteiger partial charge in [-0.1, -0.05) is 6.92 Å². The minimum atomic E-state index is -0.527. The van der Waals surface area contributed by atoms with E-state index in [4.69, 9.17) is 15.2 Å². The number of hydrogen-bond donors (Lipinski definition) is 2. The first-order valence-corrected chi connectivity index (χ1v) is 9.88. The first-order chi connectivity index (χ1) is 12.7. The Morgan fingerprint density at radius 2 is 2.12 bits per heavy atom. The highest BCUT2D eigenvalue weighted by Crippen LogP contribution is 2.27. The minimum Gasteiger partial charge on any atom is -0.494 e. The molecule has 0 aliphatic carbocycles. The van der Waals surface area contributed by atoms with Crippen LogP contribution in [0.1, 0.15) is 26.2 Å². The Kier molecular flexibility index (Phi) is 6.60. The number of nitrogens with two attached hydrogens (primary N) is 1. The van der Waals surface area contributed by atoms with E-state index in [2.05, 4.69) is 17.2 Å². The second-order valence-corrected chi connectivity index (χ2v) is 7.23. The third kappa shape index (κ3) is 4.81. The number of anilines is 1. The zero-order chi connectivity index (χ0) is 18.4. The van der Waals surface area contributed by atoms with Gasteiger partial charge in [0.25, 0.3) is 0 Å². The molecule has 1 aliphatic rings. The molecule has 1 saturated heterocycles. The van der Waals surface area contributed by atoms with Crippen LogP contribution in [0.2, 0.25) is 0 Å². The van der Waals surface area contributed by atoms with Crippen molar-refractivity contribution in [1.82, 2.24) is 4.98 Å². The van der Waals surface area contributed by atoms with Crippen LogP contribution in [0.25, 0.3) is 11.3 Å². The van der Waals surface area contributed by atoms with Gasteiger partial charge in [-0.15, -0.1) is 11.3 Å². The fourth-order valence-electron chi connectivity index (χ4n) is 2.88. The van der Waals surface area contributed by atoms with Gasteiger partial charge in [0.2, 0.25) is 5.91 Å². The molecule has 0 bridgehead atoms. The summed E-state index contributed by atoms with van der Waals surface area (Å²) in [5.74, 6) is 0.835. The number of hydrogen-bond acceptors (Lipinski definition) is 6. The smallest absolute Gasteiger partial charge is 0.243 e. The molecule has 26 heavy (non-hydrogen) atoms. The Labute approximate surface area is 157 Å². The van der Waals surface area contributed by atoms with E-state index in [0.29, 0.717) is 25.0 Å². The maximum absolute atomic E-state index is 12.4. The molecule has 1 atom stereocenters. The number of ether oxygens (including phenoxy) is 2. The molecule has 3 rings (SSSR count). The van der Waals surface area contributed by atoms with Gasteiger partial charge in [0.05, 0.1) is 18.3 Å². The van der Waals surface area contributed by atoms with Crippen LogP contribution in [0.15, 0.2) is 29.6 Å². The Morgan fingerprint density at radius 3 is 2.81 bits per heavy atom. The lowest BCUT2D eigenvalue weighted by Gasteiger charge is -2.26. The molecular formula is C19H25N3O3S. The predicted molar refractivity (Wildman–Crippen MR) is 103 cm³/mol. The Morgan fingerprint density at radius 1 is 1.38 bits per heavy atom. The number of carbonyl (C=O) groups is 1. The van der Waals surface area contributed by atoms with Gasteiger partial charge in [0.1, 0.15) is 5.75 Å². The summed E-state index contributed by atoms with van der Waals surface area (Å²) >= 11 is 1.40. The van der Waals surface area contributed by atoms with Crippen molar-refractivity contribution in [2.24, 2.45) is 11.7 Å². The summed E-state index contributed by atoms with van der Waals surface area (Å²) in [6.45, 7) is 4.13. The van der Waals surface area contributed by atoms with Gasteiger partial charge in [-0.3, -0.25) is 4.79 Å². The van der Waals surface area contributed by atoms with Gasteiger partial charge in [-0.05, 0) is 49.4 Å². The molecule has 7 heteroatoms. The standard InChI is InChI=1S/C19H25N3O3S/c1-2-9-25-15-5-3-13(4-6-15)16-12-26-19(21-16)22-18(23)17(20)14-7-10-24-11-8-14/h3-6,12,14,17H,2,7-11,20H2,1H3,(H,21,22,23). The minimum absolute atomic E-state index is 0.166. The lowest BCUT2D eigenvalue weighted by molar-refractivity contribution is -0.119. The van der Waals surface area contributed by atoms with Gasteiger partial charge < -0.3 is 20.5 Å². The Hall–Kier alpha value is -1.96. The molecule has 1 aromatic heterocycles. The van der Waals surface area contributed by atoms with Crippen molar-refractivity contribution in [3.63, 3.8) is 0 Å². The van der Waals surface area contributed by atoms with Crippen molar-refractivity contribution < 1.29 is 14.3 Å². The van der Waals surface area contributed by atoms with Crippen LogP contribution in [-0.2, 0) is 9.53 Å². The summed E-state index contributed by atoms with van der Waals surface area (Å²) in [5.41, 5.74) is 7.92. The van der Waals surface area contributed by atoms with Gasteiger partial charge in [-0.2, -0.15) is 0 Å². The van der Waals surface area contributed by atoms with Crippen molar-refractivity contribution in [1.29, 1.82) is 0 Å². The molecule has 1 aromatic carbocycles. The first kappa shape index (κ1) is 18.8. The topological polar surface area (TPSA) is 86.5 Å². The number of benzene rings is 1. The number of rotatable bonds is 7. The predicted octanol–water partition coefficient (Wildman–Crippen LogP) is 3.29. The van der Waals surface area contributed by atoms with Crippen LogP contribution in [-0.4, -0.2) is 36.8 Å². The number of carbonyl (C=O) groups excluding carboxylic acids is 1. The summed E-state index contributed by atoms with van der Waals surface area (Å²) in [6.07, 6.45) is 2.63. The molecular weight excluding hydrogens is 350 g/mol. The summed E-state index contributed by atoms with van der Waals surface area (Å²) in [6, 6.07) is 7.29. The number of thiazole rings is 1. The Bertz CT molecular complexity index is 711. The van der Waals surface area contributed by atoms with E-state index in [9.17, 15) is 4.79 Å². The zero-order valence-electron chi connectivity index (χ0n) is 14.9. The highest BCUT2D eigenvalue weighted by atomic mass is 32.1. The number of amides is 1. The van der Waals surface area contributed by atoms with E-state index in [-0.39, 0.29) is 11.8 Å². The second kappa shape index (κ2) is 9.12. The number of aromatic nitrogens is 1. The molecule has 2 heterocycles. The fraction of sp³-hybridized carbons (Fsp3) is 0.474. The van der Waals surface area contributed by atoms with Crippen LogP contribution < -0.4 is 15.8 Å². The summed E-state index contributed by atoms with van der Waals surface area (Å²) < 4.78 is 10.9. The molecule has 1 unspecified atom stereocenters. The van der Waals surface area contributed by atoms with E-state index >= 15 is 0 Å². The van der Waals surface area contributed by atoms with E-state index in [1.807, 2.05) is 29.6 Å². The molecule has 6 nitrogen and oxygen atoms in total. The summed E-state index contributed by atoms with van der Waals surface area (Å²) in [4.78, 5) is 16.9. The van der Waals surface area contributed by atoms with Crippen LogP contribution in [0.5, 0.6) is 5.75 Å². The van der Waals surface area contributed by atoms with Gasteiger partial charge in [0.15, 0.2) is 5.13 Å². The van der Waals surface area contributed by atoms with Crippen molar-refractivity contribution in [2.75, 3.05) is 25.1 Å². The third-order valence-electron chi connectivity index (χ3n) is 4.43. The van der Waals surface area contributed by atoms with Crippen molar-refractivity contribution >= 4 is 22.4 Å². The molecule has 1 fully saturated rings. The first-order valence-electron chi connectivity index (χ1n) is 9.00. The molecule has 3 N–H and O–H groups in total. The Balaban J connectivity index is 1.59. The highest BCUT2D eigenvalue weighted by Gasteiger charge is 2.27. The quantitative estimate of drug-likeness (QED) is 0.775. The summed E-state index contributed by atoms with van der Waals surface area (Å²) in [5, 5.41) is 5.34. The van der Waals surface area contributed by atoms with Crippen molar-refractivity contribution in [3.05, 3.63) is 29.6 Å². The van der Waals surface area contributed by atoms with E-state index < -0.39 is 6.04 Å². The second-order valence-electron chi connectivity index (χ2n) is 6.38. The highest BCUT2D eigenvalue weighted by molar-refractivity contribution is 7.14. The van der Waals surface area contributed by atoms with Crippen LogP contribution in [0.3, 0.4) is 0 Å². The van der Waals surface area contributed by atoms with E-state index in [1.54, 1.807) is 0 Å². The van der Waals surface area contributed by atoms with Crippen LogP contribution >= 0.6 is 11.3 Å². The average molecular weight is 375 g/mol. The third-order valence-corrected chi connectivity index (χ3v) is 5.19. The normalized spacial score (nSPS) is 16.2. The van der Waals surface area contributed by atoms with Crippen molar-refractivity contribution in [3.8, 4) is 17.0 Å². The SMILES string of the molecule is CCCOc1ccc(-c2csc(NC(=O)C(N)C3CCOCC3)n2)cc1. The lowest BCUT2D eigenvalue weighted by atomic mass is 9.92. The van der Waals surface area contributed by atoms with E-state index in [1.165, 1.54) is 11.3 Å². The van der Waals surface area contributed by atoms with E-state index in [0.717, 1.165) is 36.3 Å².